The summed E-state index contributed by atoms with van der Waals surface area (Å²) < 4.78 is 15.3. The van der Waals surface area contributed by atoms with Gasteiger partial charge in [-0.05, 0) is 56.5 Å². The van der Waals surface area contributed by atoms with Crippen LogP contribution in [0.4, 0.5) is 10.1 Å². The van der Waals surface area contributed by atoms with Gasteiger partial charge < -0.3 is 9.47 Å². The van der Waals surface area contributed by atoms with Crippen LogP contribution in [0.3, 0.4) is 0 Å². The number of hydrogen-bond donors (Lipinski definition) is 0. The fourth-order valence-corrected chi connectivity index (χ4v) is 4.44. The average Bonchev–Trinajstić information content (AvgIpc) is 3.04. The highest BCUT2D eigenvalue weighted by Gasteiger charge is 2.46. The molecule has 5 nitrogen and oxygen atoms in total. The van der Waals surface area contributed by atoms with Gasteiger partial charge in [0.25, 0.3) is 0 Å². The van der Waals surface area contributed by atoms with Gasteiger partial charge in [-0.1, -0.05) is 0 Å². The van der Waals surface area contributed by atoms with Crippen molar-refractivity contribution in [3.63, 3.8) is 0 Å². The maximum absolute atomic E-state index is 13.4. The number of aromatic nitrogens is 2. The Balaban J connectivity index is 1.53. The number of aryl methyl sites for hydroxylation is 1. The second-order valence-electron chi connectivity index (χ2n) is 7.63. The number of carbonyl (C=O) groups is 1. The van der Waals surface area contributed by atoms with Gasteiger partial charge in [-0.25, -0.2) is 9.37 Å². The van der Waals surface area contributed by atoms with Gasteiger partial charge >= 0.3 is 0 Å². The summed E-state index contributed by atoms with van der Waals surface area (Å²) >= 11 is 0. The molecule has 0 aliphatic carbocycles. The fraction of sp³-hybridized carbons (Fsp3) is 0.500. The molecule has 0 saturated carbocycles. The molecule has 1 unspecified atom stereocenters. The van der Waals surface area contributed by atoms with E-state index in [4.69, 9.17) is 0 Å². The third-order valence-electron chi connectivity index (χ3n) is 5.83. The molecule has 2 aliphatic rings. The first-order valence-electron chi connectivity index (χ1n) is 9.32. The lowest BCUT2D eigenvalue weighted by atomic mass is 9.72. The Morgan fingerprint density at radius 3 is 2.58 bits per heavy atom. The van der Waals surface area contributed by atoms with Gasteiger partial charge in [0.05, 0.1) is 17.4 Å². The molecule has 26 heavy (non-hydrogen) atoms. The van der Waals surface area contributed by atoms with Crippen molar-refractivity contribution >= 4 is 11.6 Å². The predicted molar refractivity (Wildman–Crippen MR) is 98.1 cm³/mol. The molecule has 0 radical (unpaired) electrons. The maximum atomic E-state index is 13.4. The van der Waals surface area contributed by atoms with E-state index in [0.29, 0.717) is 6.54 Å². The Morgan fingerprint density at radius 1 is 1.15 bits per heavy atom. The minimum absolute atomic E-state index is 0.199. The zero-order valence-corrected chi connectivity index (χ0v) is 15.2. The number of amides is 1. The molecule has 1 atom stereocenters. The molecular weight excluding hydrogens is 331 g/mol. The molecule has 2 aliphatic heterocycles. The number of likely N-dealkylation sites (tertiary alicyclic amines) is 1. The molecule has 1 amide bonds. The largest absolute Gasteiger partial charge is 0.337 e. The van der Waals surface area contributed by atoms with Gasteiger partial charge in [0.15, 0.2) is 0 Å². The normalized spacial score (nSPS) is 24.4. The zero-order valence-electron chi connectivity index (χ0n) is 15.2. The first-order valence-corrected chi connectivity index (χ1v) is 9.32. The number of piperidine rings is 2. The van der Waals surface area contributed by atoms with Gasteiger partial charge in [-0.3, -0.25) is 9.69 Å². The minimum atomic E-state index is -0.316. The number of halogens is 1. The van der Waals surface area contributed by atoms with Gasteiger partial charge in [0.2, 0.25) is 5.91 Å². The lowest BCUT2D eigenvalue weighted by Crippen LogP contribution is -2.56. The lowest BCUT2D eigenvalue weighted by Gasteiger charge is -2.47. The quantitative estimate of drug-likeness (QED) is 0.849. The zero-order chi connectivity index (χ0) is 18.1. The van der Waals surface area contributed by atoms with E-state index in [9.17, 15) is 9.18 Å². The van der Waals surface area contributed by atoms with Gasteiger partial charge in [-0.2, -0.15) is 0 Å². The van der Waals surface area contributed by atoms with E-state index in [2.05, 4.69) is 9.88 Å². The standard InChI is InChI=1S/C20H25FN4O/c1-23-15-22-12-18(23)13-24-10-2-8-20(14-24)9-3-11-25(19(20)26)17-6-4-16(21)5-7-17/h4-7,12,15H,2-3,8-11,13-14H2,1H3. The van der Waals surface area contributed by atoms with E-state index >= 15 is 0 Å². The first kappa shape index (κ1) is 17.2. The SMILES string of the molecule is Cn1cncc1CN1CCCC2(CCCN(c3ccc(F)cc3)C2=O)C1. The molecule has 0 bridgehead atoms. The lowest BCUT2D eigenvalue weighted by molar-refractivity contribution is -0.134. The van der Waals surface area contributed by atoms with E-state index in [1.807, 2.05) is 29.0 Å². The smallest absolute Gasteiger partial charge is 0.234 e. The average molecular weight is 356 g/mol. The first-order chi connectivity index (χ1) is 12.6. The molecule has 2 aromatic rings. The Kier molecular flexibility index (Phi) is 4.53. The number of nitrogens with zero attached hydrogens (tertiary/aromatic N) is 4. The number of hydrogen-bond acceptors (Lipinski definition) is 3. The summed E-state index contributed by atoms with van der Waals surface area (Å²) in [6, 6.07) is 6.28. The maximum Gasteiger partial charge on any atom is 0.234 e. The Morgan fingerprint density at radius 2 is 1.88 bits per heavy atom. The molecular formula is C20H25FN4O. The molecule has 1 aromatic carbocycles. The van der Waals surface area contributed by atoms with Crippen LogP contribution < -0.4 is 4.90 Å². The van der Waals surface area contributed by atoms with E-state index < -0.39 is 0 Å². The van der Waals surface area contributed by atoms with Crippen molar-refractivity contribution in [3.8, 4) is 0 Å². The number of anilines is 1. The van der Waals surface area contributed by atoms with Crippen molar-refractivity contribution < 1.29 is 9.18 Å². The number of imidazole rings is 1. The van der Waals surface area contributed by atoms with Crippen molar-refractivity contribution in [2.24, 2.45) is 12.5 Å². The summed E-state index contributed by atoms with van der Waals surface area (Å²) in [7, 11) is 2.00. The van der Waals surface area contributed by atoms with E-state index in [1.165, 1.54) is 17.8 Å². The summed E-state index contributed by atoms with van der Waals surface area (Å²) in [5.41, 5.74) is 1.66. The van der Waals surface area contributed by atoms with Gasteiger partial charge in [-0.15, -0.1) is 0 Å². The highest BCUT2D eigenvalue weighted by molar-refractivity contribution is 5.98. The van der Waals surface area contributed by atoms with Crippen LogP contribution in [0.15, 0.2) is 36.8 Å². The summed E-state index contributed by atoms with van der Waals surface area (Å²) in [6.07, 6.45) is 7.60. The van der Waals surface area contributed by atoms with Crippen molar-refractivity contribution in [2.45, 2.75) is 32.2 Å². The monoisotopic (exact) mass is 356 g/mol. The van der Waals surface area contributed by atoms with Gasteiger partial charge in [0, 0.05) is 38.6 Å². The third kappa shape index (κ3) is 3.14. The Labute approximate surface area is 153 Å². The van der Waals surface area contributed by atoms with Crippen LogP contribution in [0.2, 0.25) is 0 Å². The molecule has 1 spiro atoms. The van der Waals surface area contributed by atoms with Crippen LogP contribution in [0, 0.1) is 11.2 Å². The van der Waals surface area contributed by atoms with Crippen LogP contribution in [0.5, 0.6) is 0 Å². The van der Waals surface area contributed by atoms with Crippen LogP contribution in [-0.2, 0) is 18.4 Å². The molecule has 0 N–H and O–H groups in total. The number of rotatable bonds is 3. The van der Waals surface area contributed by atoms with Crippen molar-refractivity contribution in [2.75, 3.05) is 24.5 Å². The second kappa shape index (κ2) is 6.83. The Hall–Kier alpha value is -2.21. The van der Waals surface area contributed by atoms with E-state index in [1.54, 1.807) is 12.1 Å². The Bertz CT molecular complexity index is 783. The highest BCUT2D eigenvalue weighted by Crippen LogP contribution is 2.41. The highest BCUT2D eigenvalue weighted by atomic mass is 19.1. The number of carbonyl (C=O) groups excluding carboxylic acids is 1. The topological polar surface area (TPSA) is 41.4 Å². The summed E-state index contributed by atoms with van der Waals surface area (Å²) in [4.78, 5) is 21.8. The number of benzene rings is 1. The van der Waals surface area contributed by atoms with Crippen LogP contribution >= 0.6 is 0 Å². The van der Waals surface area contributed by atoms with E-state index in [0.717, 1.165) is 51.0 Å². The summed E-state index contributed by atoms with van der Waals surface area (Å²) in [6.45, 7) is 3.33. The molecule has 3 heterocycles. The van der Waals surface area contributed by atoms with Crippen molar-refractivity contribution in [3.05, 3.63) is 48.3 Å². The molecule has 2 fully saturated rings. The third-order valence-corrected chi connectivity index (χ3v) is 5.83. The minimum Gasteiger partial charge on any atom is -0.337 e. The van der Waals surface area contributed by atoms with Crippen molar-refractivity contribution in [1.82, 2.24) is 14.5 Å². The van der Waals surface area contributed by atoms with E-state index in [-0.39, 0.29) is 17.1 Å². The molecule has 2 saturated heterocycles. The van der Waals surface area contributed by atoms with Gasteiger partial charge in [0.1, 0.15) is 5.82 Å². The fourth-order valence-electron chi connectivity index (χ4n) is 4.44. The summed E-state index contributed by atoms with van der Waals surface area (Å²) in [5, 5.41) is 0. The van der Waals surface area contributed by atoms with Crippen LogP contribution in [-0.4, -0.2) is 40.0 Å². The van der Waals surface area contributed by atoms with Crippen LogP contribution in [0.25, 0.3) is 0 Å². The van der Waals surface area contributed by atoms with Crippen molar-refractivity contribution in [1.29, 1.82) is 0 Å². The molecule has 4 rings (SSSR count). The summed E-state index contributed by atoms with van der Waals surface area (Å²) in [5.74, 6) is -0.0713. The van der Waals surface area contributed by atoms with Crippen LogP contribution in [0.1, 0.15) is 31.4 Å². The molecule has 6 heteroatoms. The second-order valence-corrected chi connectivity index (χ2v) is 7.63. The molecule has 1 aromatic heterocycles. The molecule has 138 valence electrons. The predicted octanol–water partition coefficient (Wildman–Crippen LogP) is 2.97.